The van der Waals surface area contributed by atoms with Gasteiger partial charge in [-0.3, -0.25) is 9.59 Å². The standard InChI is InChI=1S/C20H21N3O5S/c1-13-5-2-3-6-15(13)22-20(25)17-7-4-10-23(17)29(26,27)14-8-9-18-16(11-14)21-19(24)12-28-18/h2-3,5-6,8-9,11,17H,4,7,10,12H2,1H3,(H,21,24)(H,22,25)/t17-/m0/s1. The molecule has 0 aliphatic carbocycles. The van der Waals surface area contributed by atoms with Gasteiger partial charge in [-0.05, 0) is 49.6 Å². The fraction of sp³-hybridized carbons (Fsp3) is 0.300. The number of benzene rings is 2. The zero-order valence-corrected chi connectivity index (χ0v) is 16.7. The SMILES string of the molecule is Cc1ccccc1NC(=O)[C@@H]1CCCN1S(=O)(=O)c1ccc2c(c1)NC(=O)CO2. The minimum atomic E-state index is -3.92. The second kappa shape index (κ2) is 7.49. The first-order valence-corrected chi connectivity index (χ1v) is 10.8. The predicted molar refractivity (Wildman–Crippen MR) is 107 cm³/mol. The third-order valence-corrected chi connectivity index (χ3v) is 7.00. The molecule has 2 aromatic rings. The minimum absolute atomic E-state index is 0.0117. The Morgan fingerprint density at radius 1 is 1.24 bits per heavy atom. The highest BCUT2D eigenvalue weighted by molar-refractivity contribution is 7.89. The first-order valence-electron chi connectivity index (χ1n) is 9.31. The van der Waals surface area contributed by atoms with Gasteiger partial charge in [0, 0.05) is 12.2 Å². The Labute approximate surface area is 168 Å². The summed E-state index contributed by atoms with van der Waals surface area (Å²) in [5.41, 5.74) is 1.87. The molecule has 0 unspecified atom stereocenters. The van der Waals surface area contributed by atoms with E-state index in [0.29, 0.717) is 30.0 Å². The smallest absolute Gasteiger partial charge is 0.262 e. The van der Waals surface area contributed by atoms with E-state index in [1.165, 1.54) is 22.5 Å². The summed E-state index contributed by atoms with van der Waals surface area (Å²) in [4.78, 5) is 24.4. The van der Waals surface area contributed by atoms with E-state index in [-0.39, 0.29) is 29.9 Å². The van der Waals surface area contributed by atoms with E-state index in [0.717, 1.165) is 5.56 Å². The summed E-state index contributed by atoms with van der Waals surface area (Å²) in [7, 11) is -3.92. The largest absolute Gasteiger partial charge is 0.482 e. The van der Waals surface area contributed by atoms with Crippen LogP contribution in [0.2, 0.25) is 0 Å². The van der Waals surface area contributed by atoms with Crippen LogP contribution in [0.5, 0.6) is 5.75 Å². The molecule has 2 heterocycles. The lowest BCUT2D eigenvalue weighted by atomic mass is 10.1. The molecule has 0 radical (unpaired) electrons. The van der Waals surface area contributed by atoms with Crippen LogP contribution in [0.3, 0.4) is 0 Å². The summed E-state index contributed by atoms with van der Waals surface area (Å²) in [5.74, 6) is -0.280. The minimum Gasteiger partial charge on any atom is -0.482 e. The van der Waals surface area contributed by atoms with Crippen LogP contribution in [0.1, 0.15) is 18.4 Å². The van der Waals surface area contributed by atoms with Gasteiger partial charge in [0.1, 0.15) is 11.8 Å². The summed E-state index contributed by atoms with van der Waals surface area (Å²) in [6.45, 7) is 2.03. The summed E-state index contributed by atoms with van der Waals surface area (Å²) in [6, 6.07) is 10.9. The van der Waals surface area contributed by atoms with Crippen molar-refractivity contribution in [3.05, 3.63) is 48.0 Å². The number of aryl methyl sites for hydroxylation is 1. The van der Waals surface area contributed by atoms with Gasteiger partial charge in [-0.15, -0.1) is 0 Å². The number of hydrogen-bond donors (Lipinski definition) is 2. The van der Waals surface area contributed by atoms with Gasteiger partial charge in [0.05, 0.1) is 10.6 Å². The number of ether oxygens (including phenoxy) is 1. The van der Waals surface area contributed by atoms with E-state index in [2.05, 4.69) is 10.6 Å². The molecule has 0 bridgehead atoms. The zero-order chi connectivity index (χ0) is 20.6. The molecule has 2 aromatic carbocycles. The van der Waals surface area contributed by atoms with Gasteiger partial charge in [0.25, 0.3) is 5.91 Å². The molecule has 2 N–H and O–H groups in total. The summed E-state index contributed by atoms with van der Waals surface area (Å²) < 4.78 is 33.0. The van der Waals surface area contributed by atoms with E-state index < -0.39 is 16.1 Å². The van der Waals surface area contributed by atoms with E-state index in [9.17, 15) is 18.0 Å². The van der Waals surface area contributed by atoms with Crippen LogP contribution in [-0.4, -0.2) is 43.7 Å². The Hall–Kier alpha value is -2.91. The van der Waals surface area contributed by atoms with Crippen LogP contribution in [0, 0.1) is 6.92 Å². The van der Waals surface area contributed by atoms with Crippen molar-refractivity contribution in [1.29, 1.82) is 0 Å². The second-order valence-corrected chi connectivity index (χ2v) is 8.96. The van der Waals surface area contributed by atoms with Gasteiger partial charge in [-0.25, -0.2) is 8.42 Å². The maximum atomic E-state index is 13.2. The van der Waals surface area contributed by atoms with Crippen LogP contribution >= 0.6 is 0 Å². The molecule has 1 saturated heterocycles. The number of para-hydroxylation sites is 1. The van der Waals surface area contributed by atoms with Crippen molar-refractivity contribution in [2.75, 3.05) is 23.8 Å². The molecule has 29 heavy (non-hydrogen) atoms. The number of nitrogens with zero attached hydrogens (tertiary/aromatic N) is 1. The average Bonchev–Trinajstić information content (AvgIpc) is 3.20. The number of carbonyl (C=O) groups excluding carboxylic acids is 2. The van der Waals surface area contributed by atoms with Crippen molar-refractivity contribution >= 4 is 33.2 Å². The third kappa shape index (κ3) is 3.70. The highest BCUT2D eigenvalue weighted by Crippen LogP contribution is 2.33. The normalized spacial score (nSPS) is 19.2. The highest BCUT2D eigenvalue weighted by atomic mass is 32.2. The Morgan fingerprint density at radius 2 is 2.03 bits per heavy atom. The molecule has 1 atom stereocenters. The van der Waals surface area contributed by atoms with Crippen LogP contribution in [0.15, 0.2) is 47.4 Å². The Morgan fingerprint density at radius 3 is 2.83 bits per heavy atom. The zero-order valence-electron chi connectivity index (χ0n) is 15.8. The lowest BCUT2D eigenvalue weighted by molar-refractivity contribution is -0.119. The van der Waals surface area contributed by atoms with Crippen LogP contribution in [0.4, 0.5) is 11.4 Å². The fourth-order valence-corrected chi connectivity index (χ4v) is 5.26. The number of amides is 2. The molecule has 9 heteroatoms. The van der Waals surface area contributed by atoms with Gasteiger partial charge in [0.15, 0.2) is 6.61 Å². The fourth-order valence-electron chi connectivity index (χ4n) is 3.58. The quantitative estimate of drug-likeness (QED) is 0.796. The predicted octanol–water partition coefficient (Wildman–Crippen LogP) is 2.12. The molecule has 2 aliphatic rings. The van der Waals surface area contributed by atoms with Crippen molar-refractivity contribution in [2.45, 2.75) is 30.7 Å². The van der Waals surface area contributed by atoms with E-state index in [1.54, 1.807) is 6.07 Å². The molecule has 2 aliphatic heterocycles. The maximum absolute atomic E-state index is 13.2. The average molecular weight is 415 g/mol. The molecule has 1 fully saturated rings. The summed E-state index contributed by atoms with van der Waals surface area (Å²) in [6.07, 6.45) is 1.04. The number of anilines is 2. The molecule has 4 rings (SSSR count). The van der Waals surface area contributed by atoms with E-state index >= 15 is 0 Å². The number of carbonyl (C=O) groups is 2. The molecule has 2 amide bonds. The van der Waals surface area contributed by atoms with Crippen molar-refractivity contribution < 1.29 is 22.7 Å². The Kier molecular flexibility index (Phi) is 5.01. The lowest BCUT2D eigenvalue weighted by Crippen LogP contribution is -2.43. The number of sulfonamides is 1. The Bertz CT molecular complexity index is 1080. The molecule has 152 valence electrons. The monoisotopic (exact) mass is 415 g/mol. The van der Waals surface area contributed by atoms with Crippen molar-refractivity contribution in [2.24, 2.45) is 0 Å². The molecule has 0 spiro atoms. The lowest BCUT2D eigenvalue weighted by Gasteiger charge is -2.25. The highest BCUT2D eigenvalue weighted by Gasteiger charge is 2.40. The number of rotatable bonds is 4. The topological polar surface area (TPSA) is 105 Å². The van der Waals surface area contributed by atoms with Crippen molar-refractivity contribution in [1.82, 2.24) is 4.31 Å². The van der Waals surface area contributed by atoms with E-state index in [1.807, 2.05) is 25.1 Å². The number of nitrogens with one attached hydrogen (secondary N) is 2. The first kappa shape index (κ1) is 19.4. The summed E-state index contributed by atoms with van der Waals surface area (Å²) in [5, 5.41) is 5.45. The molecule has 0 saturated carbocycles. The van der Waals surface area contributed by atoms with Gasteiger partial charge in [0.2, 0.25) is 15.9 Å². The van der Waals surface area contributed by atoms with Gasteiger partial charge >= 0.3 is 0 Å². The summed E-state index contributed by atoms with van der Waals surface area (Å²) >= 11 is 0. The van der Waals surface area contributed by atoms with Gasteiger partial charge in [-0.1, -0.05) is 18.2 Å². The van der Waals surface area contributed by atoms with E-state index in [4.69, 9.17) is 4.74 Å². The maximum Gasteiger partial charge on any atom is 0.262 e. The number of fused-ring (bicyclic) bond motifs is 1. The van der Waals surface area contributed by atoms with Crippen LogP contribution in [0.25, 0.3) is 0 Å². The van der Waals surface area contributed by atoms with Gasteiger partial charge in [-0.2, -0.15) is 4.31 Å². The van der Waals surface area contributed by atoms with Crippen molar-refractivity contribution in [3.8, 4) is 5.75 Å². The van der Waals surface area contributed by atoms with Crippen molar-refractivity contribution in [3.63, 3.8) is 0 Å². The molecular formula is C20H21N3O5S. The third-order valence-electron chi connectivity index (χ3n) is 5.10. The molecular weight excluding hydrogens is 394 g/mol. The van der Waals surface area contributed by atoms with Crippen LogP contribution < -0.4 is 15.4 Å². The molecule has 0 aromatic heterocycles. The van der Waals surface area contributed by atoms with Crippen LogP contribution in [-0.2, 0) is 19.6 Å². The second-order valence-electron chi connectivity index (χ2n) is 7.07. The molecule has 8 nitrogen and oxygen atoms in total. The Balaban J connectivity index is 1.59. The number of hydrogen-bond acceptors (Lipinski definition) is 5. The first-order chi connectivity index (χ1) is 13.9. The van der Waals surface area contributed by atoms with Gasteiger partial charge < -0.3 is 15.4 Å².